The summed E-state index contributed by atoms with van der Waals surface area (Å²) in [6.07, 6.45) is 0.496. The molecule has 2 aromatic rings. The summed E-state index contributed by atoms with van der Waals surface area (Å²) >= 11 is 6.42. The number of benzene rings is 2. The minimum absolute atomic E-state index is 0.0582. The highest BCUT2D eigenvalue weighted by Crippen LogP contribution is 2.34. The van der Waals surface area contributed by atoms with Gasteiger partial charge in [-0.25, -0.2) is 0 Å². The van der Waals surface area contributed by atoms with Crippen molar-refractivity contribution < 1.29 is 19.7 Å². The topological polar surface area (TPSA) is 92.8 Å². The van der Waals surface area contributed by atoms with E-state index in [1.54, 1.807) is 18.2 Å². The molecule has 0 amide bonds. The van der Waals surface area contributed by atoms with Crippen LogP contribution in [0.15, 0.2) is 30.3 Å². The number of rotatable bonds is 6. The molecule has 0 radical (unpaired) electrons. The SMILES string of the molecule is NC(BC(=O)O)Cc1cc(I)c(Oc2ccc(O)c(I)c2)c(I)c1. The molecule has 0 heterocycles. The van der Waals surface area contributed by atoms with Gasteiger partial charge in [0.15, 0.2) is 5.75 Å². The second-order valence-electron chi connectivity index (χ2n) is 5.17. The van der Waals surface area contributed by atoms with Crippen LogP contribution in [-0.2, 0) is 6.42 Å². The number of phenols is 1. The number of nitrogens with two attached hydrogens (primary N) is 1. The van der Waals surface area contributed by atoms with E-state index in [-0.39, 0.29) is 13.0 Å². The van der Waals surface area contributed by atoms with Gasteiger partial charge in [0.2, 0.25) is 5.87 Å². The smallest absolute Gasteiger partial charge is 0.278 e. The molecular formula is C15H13BI3NO4. The maximum atomic E-state index is 10.7. The van der Waals surface area contributed by atoms with E-state index < -0.39 is 11.8 Å². The van der Waals surface area contributed by atoms with Crippen molar-refractivity contribution in [2.75, 3.05) is 0 Å². The highest BCUT2D eigenvalue weighted by molar-refractivity contribution is 14.1. The Morgan fingerprint density at radius 1 is 1.17 bits per heavy atom. The predicted octanol–water partition coefficient (Wildman–Crippen LogP) is 3.94. The molecule has 0 aliphatic rings. The Morgan fingerprint density at radius 2 is 1.79 bits per heavy atom. The van der Waals surface area contributed by atoms with Crippen molar-refractivity contribution in [1.29, 1.82) is 0 Å². The zero-order valence-corrected chi connectivity index (χ0v) is 18.8. The van der Waals surface area contributed by atoms with Gasteiger partial charge in [0, 0.05) is 0 Å². The molecule has 24 heavy (non-hydrogen) atoms. The minimum Gasteiger partial charge on any atom is -0.507 e. The quantitative estimate of drug-likeness (QED) is 0.322. The first-order valence-electron chi connectivity index (χ1n) is 6.88. The van der Waals surface area contributed by atoms with Crippen molar-refractivity contribution in [2.45, 2.75) is 12.4 Å². The summed E-state index contributed by atoms with van der Waals surface area (Å²) in [4.78, 5) is 10.7. The van der Waals surface area contributed by atoms with Crippen LogP contribution in [0.5, 0.6) is 17.2 Å². The molecular weight excluding hydrogens is 650 g/mol. The third-order valence-corrected chi connectivity index (χ3v) is 5.60. The van der Waals surface area contributed by atoms with Gasteiger partial charge in [-0.3, -0.25) is 4.79 Å². The largest absolute Gasteiger partial charge is 0.507 e. The number of hydrogen-bond acceptors (Lipinski definition) is 4. The molecule has 4 N–H and O–H groups in total. The van der Waals surface area contributed by atoms with E-state index in [0.717, 1.165) is 18.5 Å². The molecule has 1 unspecified atom stereocenters. The van der Waals surface area contributed by atoms with Crippen LogP contribution >= 0.6 is 67.8 Å². The first-order chi connectivity index (χ1) is 11.3. The Morgan fingerprint density at radius 3 is 2.33 bits per heavy atom. The summed E-state index contributed by atoms with van der Waals surface area (Å²) in [5, 5.41) is 18.4. The second-order valence-corrected chi connectivity index (χ2v) is 8.65. The zero-order chi connectivity index (χ0) is 17.9. The molecule has 126 valence electrons. The molecule has 2 rings (SSSR count). The van der Waals surface area contributed by atoms with Gasteiger partial charge < -0.3 is 20.7 Å². The lowest BCUT2D eigenvalue weighted by atomic mass is 9.68. The van der Waals surface area contributed by atoms with Crippen molar-refractivity contribution in [3.63, 3.8) is 0 Å². The fraction of sp³-hybridized carbons (Fsp3) is 0.133. The van der Waals surface area contributed by atoms with Crippen molar-refractivity contribution in [3.05, 3.63) is 46.6 Å². The molecule has 0 aromatic heterocycles. The van der Waals surface area contributed by atoms with Crippen LogP contribution in [0.4, 0.5) is 4.79 Å². The number of hydrogen-bond donors (Lipinski definition) is 3. The summed E-state index contributed by atoms with van der Waals surface area (Å²) in [7, 11) is -0.0582. The van der Waals surface area contributed by atoms with Crippen molar-refractivity contribution in [2.24, 2.45) is 5.73 Å². The number of phenolic OH excluding ortho intramolecular Hbond substituents is 1. The average Bonchev–Trinajstić information content (AvgIpc) is 2.45. The lowest BCUT2D eigenvalue weighted by molar-refractivity contribution is 0.219. The molecule has 0 aliphatic heterocycles. The normalized spacial score (nSPS) is 11.8. The van der Waals surface area contributed by atoms with E-state index in [1.807, 2.05) is 34.7 Å². The van der Waals surface area contributed by atoms with Crippen molar-refractivity contribution in [1.82, 2.24) is 0 Å². The molecule has 0 fully saturated rings. The zero-order valence-electron chi connectivity index (χ0n) is 12.3. The third kappa shape index (κ3) is 5.63. The van der Waals surface area contributed by atoms with Gasteiger partial charge in [-0.05, 0) is 116 Å². The molecule has 0 aliphatic carbocycles. The predicted molar refractivity (Wildman–Crippen MR) is 120 cm³/mol. The maximum absolute atomic E-state index is 10.7. The Balaban J connectivity index is 2.20. The highest BCUT2D eigenvalue weighted by atomic mass is 127. The van der Waals surface area contributed by atoms with Gasteiger partial charge >= 0.3 is 0 Å². The van der Waals surface area contributed by atoms with E-state index in [2.05, 4.69) is 45.2 Å². The molecule has 1 atom stereocenters. The van der Waals surface area contributed by atoms with Crippen LogP contribution in [0.3, 0.4) is 0 Å². The van der Waals surface area contributed by atoms with Gasteiger partial charge in [-0.2, -0.15) is 0 Å². The van der Waals surface area contributed by atoms with Gasteiger partial charge in [0.1, 0.15) is 11.5 Å². The number of ether oxygens (including phenoxy) is 1. The second kappa shape index (κ2) is 8.89. The van der Waals surface area contributed by atoms with Crippen LogP contribution in [0.25, 0.3) is 0 Å². The summed E-state index contributed by atoms with van der Waals surface area (Å²) < 4.78 is 8.49. The monoisotopic (exact) mass is 663 g/mol. The van der Waals surface area contributed by atoms with E-state index in [0.29, 0.717) is 15.7 Å². The van der Waals surface area contributed by atoms with Gasteiger partial charge in [0.25, 0.3) is 7.28 Å². The molecule has 0 saturated heterocycles. The Hall–Kier alpha value is -0.275. The maximum Gasteiger partial charge on any atom is 0.278 e. The fourth-order valence-electron chi connectivity index (χ4n) is 2.10. The number of carboxylic acid groups (broad SMARTS) is 1. The highest BCUT2D eigenvalue weighted by Gasteiger charge is 2.15. The number of carbonyl (C=O) groups is 1. The molecule has 2 aromatic carbocycles. The summed E-state index contributed by atoms with van der Waals surface area (Å²) in [5.41, 5.74) is 6.83. The van der Waals surface area contributed by atoms with E-state index >= 15 is 0 Å². The Kier molecular flexibility index (Phi) is 7.43. The van der Waals surface area contributed by atoms with Crippen molar-refractivity contribution >= 4 is 80.9 Å². The summed E-state index contributed by atoms with van der Waals surface area (Å²) in [6.45, 7) is 0. The van der Waals surface area contributed by atoms with Gasteiger partial charge in [0.05, 0.1) is 10.7 Å². The molecule has 9 heteroatoms. The molecule has 0 saturated carbocycles. The van der Waals surface area contributed by atoms with E-state index in [1.165, 1.54) is 0 Å². The number of aromatic hydroxyl groups is 1. The summed E-state index contributed by atoms with van der Waals surface area (Å²) in [5.74, 6) is 0.278. The lowest BCUT2D eigenvalue weighted by Crippen LogP contribution is -2.34. The minimum atomic E-state index is -0.895. The molecule has 0 bridgehead atoms. The first-order valence-corrected chi connectivity index (χ1v) is 10.1. The van der Waals surface area contributed by atoms with Crippen LogP contribution in [-0.4, -0.2) is 29.3 Å². The van der Waals surface area contributed by atoms with Gasteiger partial charge in [-0.1, -0.05) is 0 Å². The van der Waals surface area contributed by atoms with Crippen LogP contribution < -0.4 is 10.5 Å². The average molecular weight is 663 g/mol. The van der Waals surface area contributed by atoms with Crippen molar-refractivity contribution in [3.8, 4) is 17.2 Å². The van der Waals surface area contributed by atoms with Crippen LogP contribution in [0.2, 0.25) is 0 Å². The van der Waals surface area contributed by atoms with Gasteiger partial charge in [-0.15, -0.1) is 0 Å². The van der Waals surface area contributed by atoms with E-state index in [4.69, 9.17) is 15.6 Å². The van der Waals surface area contributed by atoms with Crippen LogP contribution in [0, 0.1) is 10.7 Å². The summed E-state index contributed by atoms with van der Waals surface area (Å²) in [6, 6.07) is 8.96. The Labute approximate surface area is 181 Å². The van der Waals surface area contributed by atoms with E-state index in [9.17, 15) is 9.90 Å². The number of halogens is 3. The standard InChI is InChI=1S/C15H13BI3NO4/c17-9-6-8(1-2-12(9)21)24-14-10(18)3-7(4-11(14)19)5-13(20)16-15(22)23/h1-4,6,13,16,21H,5,20H2,(H,22,23). The first kappa shape index (κ1) is 20.0. The fourth-order valence-corrected chi connectivity index (χ4v) is 4.70. The Bertz CT molecular complexity index is 749. The molecule has 5 nitrogen and oxygen atoms in total. The third-order valence-electron chi connectivity index (χ3n) is 3.13. The molecule has 0 spiro atoms. The lowest BCUT2D eigenvalue weighted by Gasteiger charge is -2.14. The van der Waals surface area contributed by atoms with Crippen LogP contribution in [0.1, 0.15) is 5.56 Å².